The predicted octanol–water partition coefficient (Wildman–Crippen LogP) is 9.99. The summed E-state index contributed by atoms with van der Waals surface area (Å²) < 4.78 is 0. The Kier molecular flexibility index (Phi) is 8.88. The van der Waals surface area contributed by atoms with Crippen LogP contribution in [-0.4, -0.2) is 34.7 Å². The van der Waals surface area contributed by atoms with Crippen molar-refractivity contribution in [3.8, 4) is 20.9 Å². The number of hydrogen-bond donors (Lipinski definition) is 0. The van der Waals surface area contributed by atoms with Gasteiger partial charge in [0, 0.05) is 50.5 Å². The smallest absolute Gasteiger partial charge is 0.246 e. The van der Waals surface area contributed by atoms with E-state index in [0.717, 1.165) is 16.0 Å². The zero-order chi connectivity index (χ0) is 34.0. The Morgan fingerprint density at radius 1 is 0.600 bits per heavy atom. The van der Waals surface area contributed by atoms with Crippen LogP contribution in [0.4, 0.5) is 0 Å². The minimum Gasteiger partial charge on any atom is -0.333 e. The molecule has 0 N–H and O–H groups in total. The van der Waals surface area contributed by atoms with Crippen LogP contribution >= 0.6 is 22.7 Å². The summed E-state index contributed by atoms with van der Waals surface area (Å²) >= 11 is 3.53. The van der Waals surface area contributed by atoms with Crippen molar-refractivity contribution in [2.45, 2.75) is 24.9 Å². The molecule has 4 nitrogen and oxygen atoms in total. The number of nitrogens with zero attached hydrogens (tertiary/aromatic N) is 2. The van der Waals surface area contributed by atoms with Gasteiger partial charge >= 0.3 is 0 Å². The molecule has 0 bridgehead atoms. The maximum atomic E-state index is 13.8. The molecule has 0 saturated heterocycles. The van der Waals surface area contributed by atoms with Crippen LogP contribution in [0.5, 0.6) is 0 Å². The van der Waals surface area contributed by atoms with Gasteiger partial charge < -0.3 is 9.80 Å². The lowest BCUT2D eigenvalue weighted by molar-refractivity contribution is -0.127. The molecule has 2 atom stereocenters. The average Bonchev–Trinajstić information content (AvgIpc) is 3.82. The molecule has 6 aromatic rings. The van der Waals surface area contributed by atoms with Gasteiger partial charge in [0.15, 0.2) is 0 Å². The van der Waals surface area contributed by atoms with Crippen LogP contribution in [0.15, 0.2) is 146 Å². The first-order valence-electron chi connectivity index (χ1n) is 16.9. The van der Waals surface area contributed by atoms with Crippen molar-refractivity contribution in [1.29, 1.82) is 0 Å². The average molecular weight is 689 g/mol. The van der Waals surface area contributed by atoms with E-state index in [4.69, 9.17) is 0 Å². The van der Waals surface area contributed by atoms with Gasteiger partial charge in [-0.15, -0.1) is 22.7 Å². The van der Waals surface area contributed by atoms with Crippen LogP contribution in [0.25, 0.3) is 27.0 Å². The van der Waals surface area contributed by atoms with Crippen LogP contribution < -0.4 is 0 Å². The molecule has 8 rings (SSSR count). The van der Waals surface area contributed by atoms with E-state index in [2.05, 4.69) is 110 Å². The van der Waals surface area contributed by atoms with Crippen molar-refractivity contribution >= 4 is 40.6 Å². The monoisotopic (exact) mass is 688 g/mol. The van der Waals surface area contributed by atoms with Gasteiger partial charge in [0.25, 0.3) is 0 Å². The largest absolute Gasteiger partial charge is 0.333 e. The number of rotatable bonds is 7. The molecule has 0 saturated carbocycles. The van der Waals surface area contributed by atoms with Crippen molar-refractivity contribution in [2.75, 3.05) is 13.1 Å². The third kappa shape index (κ3) is 6.40. The minimum atomic E-state index is -0.0425. The normalized spacial score (nSPS) is 17.0. The Morgan fingerprint density at radius 3 is 1.66 bits per heavy atom. The number of fused-ring (bicyclic) bond motifs is 2. The van der Waals surface area contributed by atoms with Crippen LogP contribution in [-0.2, 0) is 22.7 Å². The predicted molar refractivity (Wildman–Crippen MR) is 206 cm³/mol. The zero-order valence-electron chi connectivity index (χ0n) is 27.6. The number of thiophene rings is 2. The number of benzene rings is 4. The van der Waals surface area contributed by atoms with Gasteiger partial charge in [-0.2, -0.15) is 0 Å². The Bertz CT molecular complexity index is 2200. The molecular weight excluding hydrogens is 653 g/mol. The summed E-state index contributed by atoms with van der Waals surface area (Å²) in [5.74, 6) is 0.197. The topological polar surface area (TPSA) is 40.6 Å². The quantitative estimate of drug-likeness (QED) is 0.157. The van der Waals surface area contributed by atoms with Gasteiger partial charge in [-0.05, 0) is 69.3 Å². The van der Waals surface area contributed by atoms with E-state index in [0.29, 0.717) is 26.2 Å². The van der Waals surface area contributed by atoms with E-state index in [1.165, 1.54) is 48.5 Å². The van der Waals surface area contributed by atoms with Crippen molar-refractivity contribution < 1.29 is 9.59 Å². The molecule has 4 aromatic carbocycles. The zero-order valence-corrected chi connectivity index (χ0v) is 29.2. The second kappa shape index (κ2) is 13.9. The fourth-order valence-corrected chi connectivity index (χ4v) is 9.68. The summed E-state index contributed by atoms with van der Waals surface area (Å²) in [5.41, 5.74) is 8.32. The van der Waals surface area contributed by atoms with E-state index in [-0.39, 0.29) is 23.7 Å². The van der Waals surface area contributed by atoms with E-state index in [1.807, 2.05) is 40.1 Å². The van der Waals surface area contributed by atoms with Crippen molar-refractivity contribution in [1.82, 2.24) is 9.80 Å². The Hall–Kier alpha value is -5.30. The third-order valence-electron chi connectivity index (χ3n) is 9.76. The lowest BCUT2D eigenvalue weighted by Crippen LogP contribution is -2.37. The summed E-state index contributed by atoms with van der Waals surface area (Å²) in [7, 11) is 0. The van der Waals surface area contributed by atoms with E-state index in [9.17, 15) is 9.59 Å². The highest BCUT2D eigenvalue weighted by atomic mass is 32.1. The number of carbonyl (C=O) groups is 2. The fourth-order valence-electron chi connectivity index (χ4n) is 7.20. The molecule has 2 aliphatic rings. The van der Waals surface area contributed by atoms with Gasteiger partial charge in [0.1, 0.15) is 0 Å². The Morgan fingerprint density at radius 2 is 1.10 bits per heavy atom. The SMILES string of the molecule is C=CC(=O)N1Cc2sc(-c3cccc(/C=C/C(=O)N4Cc5sc(-c6ccccc6)cc5[C@@H](c5ccccc5)C4)c3)cc2[C@H](c2ccccc2)C1. The number of carbonyl (C=O) groups excluding carboxylic acids is 2. The number of amides is 2. The van der Waals surface area contributed by atoms with Gasteiger partial charge in [0.05, 0.1) is 13.1 Å². The molecular formula is C44H36N2O2S2. The fraction of sp³-hybridized carbons (Fsp3) is 0.136. The van der Waals surface area contributed by atoms with Crippen molar-refractivity contribution in [3.05, 3.63) is 184 Å². The number of hydrogen-bond acceptors (Lipinski definition) is 4. The van der Waals surface area contributed by atoms with Crippen molar-refractivity contribution in [2.24, 2.45) is 0 Å². The Balaban J connectivity index is 1.05. The second-order valence-electron chi connectivity index (χ2n) is 12.9. The van der Waals surface area contributed by atoms with Gasteiger partial charge in [0.2, 0.25) is 11.8 Å². The first kappa shape index (κ1) is 31.9. The molecule has 0 fully saturated rings. The molecule has 246 valence electrons. The van der Waals surface area contributed by atoms with Gasteiger partial charge in [-0.3, -0.25) is 9.59 Å². The highest BCUT2D eigenvalue weighted by Crippen LogP contribution is 2.43. The van der Waals surface area contributed by atoms with Crippen LogP contribution in [0.1, 0.15) is 49.4 Å². The maximum Gasteiger partial charge on any atom is 0.246 e. The van der Waals surface area contributed by atoms with Crippen molar-refractivity contribution in [3.63, 3.8) is 0 Å². The summed E-state index contributed by atoms with van der Waals surface area (Å²) in [6, 6.07) is 44.5. The van der Waals surface area contributed by atoms with E-state index < -0.39 is 0 Å². The van der Waals surface area contributed by atoms with Crippen LogP contribution in [0, 0.1) is 0 Å². The first-order chi connectivity index (χ1) is 24.5. The molecule has 50 heavy (non-hydrogen) atoms. The van der Waals surface area contributed by atoms with Crippen LogP contribution in [0.2, 0.25) is 0 Å². The summed E-state index contributed by atoms with van der Waals surface area (Å²) in [6.45, 7) is 6.19. The maximum absolute atomic E-state index is 13.8. The standard InChI is InChI=1S/C44H36N2O2S2/c1-2-43(47)45-26-37(31-14-6-3-7-15-31)36-25-40(50-41(36)28-45)34-20-12-13-30(23-34)21-22-44(48)46-27-38(32-16-8-4-9-17-32)35-24-39(49-42(35)29-46)33-18-10-5-11-19-33/h2-25,37-38H,1,26-29H2/b22-21+/t37-,38+/m0/s1. The molecule has 4 heterocycles. The van der Waals surface area contributed by atoms with E-state index >= 15 is 0 Å². The van der Waals surface area contributed by atoms with E-state index in [1.54, 1.807) is 28.7 Å². The summed E-state index contributed by atoms with van der Waals surface area (Å²) in [6.07, 6.45) is 5.07. The summed E-state index contributed by atoms with van der Waals surface area (Å²) in [4.78, 5) is 35.2. The molecule has 0 radical (unpaired) electrons. The highest BCUT2D eigenvalue weighted by molar-refractivity contribution is 7.16. The molecule has 6 heteroatoms. The molecule has 2 aliphatic heterocycles. The summed E-state index contributed by atoms with van der Waals surface area (Å²) in [5, 5.41) is 0. The second-order valence-corrected chi connectivity index (χ2v) is 15.1. The third-order valence-corrected chi connectivity index (χ3v) is 12.1. The molecule has 0 unspecified atom stereocenters. The first-order valence-corrected chi connectivity index (χ1v) is 18.6. The minimum absolute atomic E-state index is 0.0147. The lowest BCUT2D eigenvalue weighted by atomic mass is 9.88. The molecule has 2 aromatic heterocycles. The highest BCUT2D eigenvalue weighted by Gasteiger charge is 2.32. The van der Waals surface area contributed by atoms with Gasteiger partial charge in [-0.1, -0.05) is 116 Å². The molecule has 0 spiro atoms. The van der Waals surface area contributed by atoms with Gasteiger partial charge in [-0.25, -0.2) is 0 Å². The molecule has 0 aliphatic carbocycles. The lowest BCUT2D eigenvalue weighted by Gasteiger charge is -2.32. The van der Waals surface area contributed by atoms with Crippen LogP contribution in [0.3, 0.4) is 0 Å². The Labute approximate surface area is 301 Å². The molecule has 2 amide bonds.